The molecule has 0 saturated heterocycles. The average Bonchev–Trinajstić information content (AvgIpc) is 3.04. The predicted molar refractivity (Wildman–Crippen MR) is 133 cm³/mol. The fourth-order valence-electron chi connectivity index (χ4n) is 8.04. The van der Waals surface area contributed by atoms with Crippen LogP contribution in [0, 0.1) is 34.5 Å². The summed E-state index contributed by atoms with van der Waals surface area (Å²) in [6, 6.07) is 0. The van der Waals surface area contributed by atoms with Crippen LogP contribution in [0.5, 0.6) is 0 Å². The second-order valence-electron chi connectivity index (χ2n) is 11.4. The molecule has 4 rings (SSSR count). The summed E-state index contributed by atoms with van der Waals surface area (Å²) in [7, 11) is 0. The van der Waals surface area contributed by atoms with Crippen LogP contribution in [0.15, 0.2) is 23.8 Å². The summed E-state index contributed by atoms with van der Waals surface area (Å²) in [5.41, 5.74) is -2.06. The Morgan fingerprint density at radius 1 is 1.17 bits per heavy atom. The van der Waals surface area contributed by atoms with E-state index >= 15 is 0 Å². The minimum Gasteiger partial charge on any atom is -0.457 e. The molecular formula is C28H37ClO7. The fourth-order valence-corrected chi connectivity index (χ4v) is 8.54. The molecule has 0 heterocycles. The van der Waals surface area contributed by atoms with E-state index in [9.17, 15) is 24.3 Å². The van der Waals surface area contributed by atoms with Gasteiger partial charge in [-0.2, -0.15) is 0 Å². The molecule has 3 fully saturated rings. The zero-order valence-corrected chi connectivity index (χ0v) is 22.5. The second-order valence-corrected chi connectivity index (χ2v) is 12.0. The molecule has 7 nitrogen and oxygen atoms in total. The number of halogens is 1. The van der Waals surface area contributed by atoms with E-state index in [0.717, 1.165) is 5.57 Å². The first-order chi connectivity index (χ1) is 16.9. The van der Waals surface area contributed by atoms with Gasteiger partial charge in [0, 0.05) is 40.9 Å². The molecular weight excluding hydrogens is 484 g/mol. The lowest BCUT2D eigenvalue weighted by Crippen LogP contribution is -2.65. The maximum Gasteiger partial charge on any atom is 0.306 e. The number of ether oxygens (including phenoxy) is 2. The molecule has 0 unspecified atom stereocenters. The largest absolute Gasteiger partial charge is 0.457 e. The van der Waals surface area contributed by atoms with Crippen LogP contribution in [-0.4, -0.2) is 52.3 Å². The first kappa shape index (κ1) is 27.1. The van der Waals surface area contributed by atoms with Crippen molar-refractivity contribution in [2.45, 2.75) is 83.8 Å². The van der Waals surface area contributed by atoms with Crippen molar-refractivity contribution in [3.63, 3.8) is 0 Å². The molecule has 3 saturated carbocycles. The molecule has 0 aliphatic heterocycles. The van der Waals surface area contributed by atoms with Gasteiger partial charge in [0.2, 0.25) is 5.78 Å². The summed E-state index contributed by atoms with van der Waals surface area (Å²) in [5, 5.41) is 11.4. The van der Waals surface area contributed by atoms with E-state index in [1.807, 2.05) is 26.8 Å². The first-order valence-corrected chi connectivity index (χ1v) is 13.5. The third kappa shape index (κ3) is 3.80. The van der Waals surface area contributed by atoms with Crippen molar-refractivity contribution in [3.05, 3.63) is 23.8 Å². The lowest BCUT2D eigenvalue weighted by molar-refractivity contribution is -0.205. The number of aliphatic hydroxyl groups excluding tert-OH is 1. The Labute approximate surface area is 217 Å². The number of Topliss-reactive ketones (excluding diaryl/α,β-unsaturated/α-hetero) is 1. The Balaban J connectivity index is 1.79. The van der Waals surface area contributed by atoms with Crippen LogP contribution in [0.3, 0.4) is 0 Å². The number of allylic oxidation sites excluding steroid dienone is 4. The molecule has 0 amide bonds. The third-order valence-corrected chi connectivity index (χ3v) is 10.1. The van der Waals surface area contributed by atoms with Crippen molar-refractivity contribution in [1.29, 1.82) is 0 Å². The molecule has 36 heavy (non-hydrogen) atoms. The van der Waals surface area contributed by atoms with Crippen molar-refractivity contribution in [3.8, 4) is 0 Å². The van der Waals surface area contributed by atoms with Gasteiger partial charge in [0.1, 0.15) is 0 Å². The predicted octanol–water partition coefficient (Wildman–Crippen LogP) is 3.94. The fraction of sp³-hybridized carbons (Fsp3) is 0.714. The number of fused-ring (bicyclic) bond motifs is 5. The Morgan fingerprint density at radius 2 is 1.83 bits per heavy atom. The molecule has 4 aliphatic rings. The minimum absolute atomic E-state index is 0.0767. The van der Waals surface area contributed by atoms with Gasteiger partial charge in [-0.1, -0.05) is 46.3 Å². The molecule has 0 radical (unpaired) electrons. The van der Waals surface area contributed by atoms with Crippen molar-refractivity contribution in [2.24, 2.45) is 34.5 Å². The highest BCUT2D eigenvalue weighted by Crippen LogP contribution is 2.69. The highest BCUT2D eigenvalue weighted by atomic mass is 35.5. The van der Waals surface area contributed by atoms with Crippen molar-refractivity contribution >= 4 is 35.1 Å². The van der Waals surface area contributed by atoms with E-state index in [1.54, 1.807) is 26.0 Å². The van der Waals surface area contributed by atoms with Crippen LogP contribution in [0.2, 0.25) is 0 Å². The summed E-state index contributed by atoms with van der Waals surface area (Å²) >= 11 is 7.04. The number of hydrogen-bond acceptors (Lipinski definition) is 7. The van der Waals surface area contributed by atoms with Gasteiger partial charge in [-0.05, 0) is 43.3 Å². The van der Waals surface area contributed by atoms with Gasteiger partial charge >= 0.3 is 11.9 Å². The topological polar surface area (TPSA) is 107 Å². The minimum atomic E-state index is -1.54. The number of carbonyl (C=O) groups is 4. The van der Waals surface area contributed by atoms with Crippen LogP contribution in [0.1, 0.15) is 66.7 Å². The zero-order valence-electron chi connectivity index (χ0n) is 21.7. The summed E-state index contributed by atoms with van der Waals surface area (Å²) in [5.74, 6) is -2.44. The quantitative estimate of drug-likeness (QED) is 0.417. The number of esters is 2. The Bertz CT molecular complexity index is 1030. The van der Waals surface area contributed by atoms with E-state index in [4.69, 9.17) is 21.1 Å². The SMILES string of the molecule is CCC(=O)OCC(=O)[C@@]1(OC(=O)CC)[C@H](C)C[C@H]2[C@@H]3[C@@H]([C@@H](O)C[C@@]21C)[C@@]1(C)C=CC(=O)C=C1C[C@H]3Cl. The first-order valence-electron chi connectivity index (χ1n) is 13.0. The number of alkyl halides is 1. The highest BCUT2D eigenvalue weighted by Gasteiger charge is 2.73. The van der Waals surface area contributed by atoms with Crippen LogP contribution >= 0.6 is 11.6 Å². The van der Waals surface area contributed by atoms with Gasteiger partial charge in [-0.15, -0.1) is 11.6 Å². The molecule has 0 aromatic carbocycles. The Kier molecular flexibility index (Phi) is 7.06. The van der Waals surface area contributed by atoms with Crippen molar-refractivity contribution in [2.75, 3.05) is 6.61 Å². The van der Waals surface area contributed by atoms with Crippen molar-refractivity contribution in [1.82, 2.24) is 0 Å². The van der Waals surface area contributed by atoms with Crippen LogP contribution < -0.4 is 0 Å². The van der Waals surface area contributed by atoms with Crippen LogP contribution in [0.4, 0.5) is 0 Å². The van der Waals surface area contributed by atoms with Crippen LogP contribution in [-0.2, 0) is 28.7 Å². The molecule has 0 aromatic rings. The van der Waals surface area contributed by atoms with Crippen LogP contribution in [0.25, 0.3) is 0 Å². The Morgan fingerprint density at radius 3 is 2.47 bits per heavy atom. The highest BCUT2D eigenvalue weighted by molar-refractivity contribution is 6.21. The number of rotatable bonds is 6. The second kappa shape index (κ2) is 9.39. The maximum atomic E-state index is 13.9. The van der Waals surface area contributed by atoms with E-state index in [2.05, 4.69) is 0 Å². The summed E-state index contributed by atoms with van der Waals surface area (Å²) in [6.45, 7) is 8.69. The average molecular weight is 521 g/mol. The van der Waals surface area contributed by atoms with Gasteiger partial charge in [0.05, 0.1) is 6.10 Å². The summed E-state index contributed by atoms with van der Waals surface area (Å²) < 4.78 is 11.3. The van der Waals surface area contributed by atoms with Gasteiger partial charge < -0.3 is 14.6 Å². The third-order valence-electron chi connectivity index (χ3n) is 9.65. The molecule has 0 aromatic heterocycles. The summed E-state index contributed by atoms with van der Waals surface area (Å²) in [4.78, 5) is 50.5. The van der Waals surface area contributed by atoms with E-state index in [0.29, 0.717) is 12.8 Å². The van der Waals surface area contributed by atoms with E-state index in [1.165, 1.54) is 0 Å². The molecule has 0 spiro atoms. The van der Waals surface area contributed by atoms with E-state index in [-0.39, 0.29) is 54.1 Å². The number of ketones is 2. The molecule has 1 N–H and O–H groups in total. The summed E-state index contributed by atoms with van der Waals surface area (Å²) in [6.07, 6.45) is 5.79. The number of aliphatic hydroxyl groups is 1. The van der Waals surface area contributed by atoms with Gasteiger partial charge in [-0.3, -0.25) is 19.2 Å². The molecule has 198 valence electrons. The molecule has 9 atom stereocenters. The number of hydrogen-bond donors (Lipinski definition) is 1. The van der Waals surface area contributed by atoms with Gasteiger partial charge in [-0.25, -0.2) is 0 Å². The number of carbonyl (C=O) groups excluding carboxylic acids is 4. The lowest BCUT2D eigenvalue weighted by Gasteiger charge is -2.61. The lowest BCUT2D eigenvalue weighted by atomic mass is 9.46. The van der Waals surface area contributed by atoms with E-state index < -0.39 is 46.9 Å². The standard InChI is InChI=1S/C28H37ClO7/c1-6-22(33)35-14-21(32)28(36-23(34)7-2)15(3)10-18-24-19(29)12-16-11-17(30)8-9-26(16,4)25(24)20(31)13-27(18,28)5/h8-9,11,15,18-20,24-25,31H,6-7,10,12-14H2,1-5H3/t15-,18+,19-,20+,24+,25-,26+,27+,28+/m1/s1. The maximum absolute atomic E-state index is 13.9. The molecule has 8 heteroatoms. The normalized spacial score (nSPS) is 43.1. The Hall–Kier alpha value is -1.99. The van der Waals surface area contributed by atoms with Gasteiger partial charge in [0.15, 0.2) is 18.0 Å². The molecule has 4 aliphatic carbocycles. The van der Waals surface area contributed by atoms with Crippen molar-refractivity contribution < 1.29 is 33.8 Å². The zero-order chi connectivity index (χ0) is 26.6. The smallest absolute Gasteiger partial charge is 0.306 e. The molecule has 0 bridgehead atoms. The van der Waals surface area contributed by atoms with Gasteiger partial charge in [0.25, 0.3) is 0 Å². The monoisotopic (exact) mass is 520 g/mol.